The molecular weight excluding hydrogens is 332 g/mol. The molecule has 1 aromatic carbocycles. The van der Waals surface area contributed by atoms with Gasteiger partial charge in [0.1, 0.15) is 5.76 Å². The highest BCUT2D eigenvalue weighted by Gasteiger charge is 2.19. The summed E-state index contributed by atoms with van der Waals surface area (Å²) < 4.78 is 6.23. The second-order valence-electron chi connectivity index (χ2n) is 5.19. The number of carbonyl (C=O) groups is 1. The molecule has 1 amide bonds. The first-order chi connectivity index (χ1) is 9.99. The SMILES string of the molecule is Cc1ccc(Br)c(C(=O)NCC(c2ccco2)N(C)C)c1. The van der Waals surface area contributed by atoms with E-state index >= 15 is 0 Å². The van der Waals surface area contributed by atoms with Crippen LogP contribution in [0.4, 0.5) is 0 Å². The van der Waals surface area contributed by atoms with E-state index in [1.807, 2.05) is 56.3 Å². The molecule has 0 saturated heterocycles. The van der Waals surface area contributed by atoms with E-state index in [4.69, 9.17) is 4.42 Å². The van der Waals surface area contributed by atoms with Gasteiger partial charge in [0.2, 0.25) is 0 Å². The number of hydrogen-bond acceptors (Lipinski definition) is 3. The van der Waals surface area contributed by atoms with Crippen LogP contribution in [0.2, 0.25) is 0 Å². The Morgan fingerprint density at radius 3 is 2.76 bits per heavy atom. The number of rotatable bonds is 5. The average molecular weight is 351 g/mol. The van der Waals surface area contributed by atoms with Crippen molar-refractivity contribution < 1.29 is 9.21 Å². The lowest BCUT2D eigenvalue weighted by Gasteiger charge is -2.22. The molecule has 0 aliphatic carbocycles. The zero-order chi connectivity index (χ0) is 15.4. The summed E-state index contributed by atoms with van der Waals surface area (Å²) in [5, 5.41) is 2.97. The maximum absolute atomic E-state index is 12.3. The van der Waals surface area contributed by atoms with Crippen molar-refractivity contribution in [3.8, 4) is 0 Å². The van der Waals surface area contributed by atoms with Crippen molar-refractivity contribution in [2.45, 2.75) is 13.0 Å². The fourth-order valence-corrected chi connectivity index (χ4v) is 2.54. The zero-order valence-electron chi connectivity index (χ0n) is 12.4. The van der Waals surface area contributed by atoms with Crippen molar-refractivity contribution in [2.24, 2.45) is 0 Å². The van der Waals surface area contributed by atoms with Gasteiger partial charge in [0.05, 0.1) is 17.9 Å². The smallest absolute Gasteiger partial charge is 0.252 e. The van der Waals surface area contributed by atoms with Crippen LogP contribution in [-0.4, -0.2) is 31.4 Å². The molecule has 1 heterocycles. The van der Waals surface area contributed by atoms with Gasteiger partial charge in [-0.2, -0.15) is 0 Å². The van der Waals surface area contributed by atoms with E-state index in [9.17, 15) is 4.79 Å². The van der Waals surface area contributed by atoms with Gasteiger partial charge in [-0.25, -0.2) is 0 Å². The van der Waals surface area contributed by atoms with E-state index in [1.165, 1.54) is 0 Å². The highest BCUT2D eigenvalue weighted by Crippen LogP contribution is 2.20. The van der Waals surface area contributed by atoms with Gasteiger partial charge in [0.25, 0.3) is 5.91 Å². The highest BCUT2D eigenvalue weighted by atomic mass is 79.9. The molecule has 2 rings (SSSR count). The molecule has 0 spiro atoms. The molecule has 21 heavy (non-hydrogen) atoms. The van der Waals surface area contributed by atoms with Crippen molar-refractivity contribution >= 4 is 21.8 Å². The van der Waals surface area contributed by atoms with E-state index in [2.05, 4.69) is 21.2 Å². The van der Waals surface area contributed by atoms with Crippen LogP contribution in [0, 0.1) is 6.92 Å². The average Bonchev–Trinajstić information content (AvgIpc) is 2.95. The summed E-state index contributed by atoms with van der Waals surface area (Å²) in [5.41, 5.74) is 1.70. The van der Waals surface area contributed by atoms with E-state index in [1.54, 1.807) is 6.26 Å². The van der Waals surface area contributed by atoms with Gasteiger partial charge in [-0.15, -0.1) is 0 Å². The third kappa shape index (κ3) is 3.95. The minimum Gasteiger partial charge on any atom is -0.468 e. The minimum absolute atomic E-state index is 0.00698. The lowest BCUT2D eigenvalue weighted by Crippen LogP contribution is -2.34. The Kier molecular flexibility index (Phi) is 5.20. The number of nitrogens with one attached hydrogen (secondary N) is 1. The van der Waals surface area contributed by atoms with Crippen LogP contribution in [0.5, 0.6) is 0 Å². The maximum atomic E-state index is 12.3. The molecule has 1 N–H and O–H groups in total. The van der Waals surface area contributed by atoms with Gasteiger partial charge in [-0.1, -0.05) is 11.6 Å². The second-order valence-corrected chi connectivity index (χ2v) is 6.04. The topological polar surface area (TPSA) is 45.5 Å². The number of carbonyl (C=O) groups excluding carboxylic acids is 1. The molecule has 1 unspecified atom stereocenters. The lowest BCUT2D eigenvalue weighted by molar-refractivity contribution is 0.0938. The Morgan fingerprint density at radius 2 is 2.14 bits per heavy atom. The van der Waals surface area contributed by atoms with Crippen LogP contribution < -0.4 is 5.32 Å². The summed E-state index contributed by atoms with van der Waals surface area (Å²) in [6, 6.07) is 9.50. The van der Waals surface area contributed by atoms with Gasteiger partial charge in [-0.05, 0) is 61.2 Å². The first kappa shape index (κ1) is 15.8. The number of hydrogen-bond donors (Lipinski definition) is 1. The number of aryl methyl sites for hydroxylation is 1. The first-order valence-corrected chi connectivity index (χ1v) is 7.52. The van der Waals surface area contributed by atoms with Crippen LogP contribution >= 0.6 is 15.9 Å². The molecule has 0 aliphatic rings. The second kappa shape index (κ2) is 6.91. The fourth-order valence-electron chi connectivity index (χ4n) is 2.12. The molecule has 0 radical (unpaired) electrons. The Morgan fingerprint density at radius 1 is 1.38 bits per heavy atom. The van der Waals surface area contributed by atoms with Crippen LogP contribution in [-0.2, 0) is 0 Å². The first-order valence-electron chi connectivity index (χ1n) is 6.73. The van der Waals surface area contributed by atoms with Gasteiger partial charge < -0.3 is 9.73 Å². The summed E-state index contributed by atoms with van der Waals surface area (Å²) in [6.45, 7) is 2.45. The van der Waals surface area contributed by atoms with E-state index in [-0.39, 0.29) is 11.9 Å². The number of nitrogens with zero attached hydrogens (tertiary/aromatic N) is 1. The third-order valence-electron chi connectivity index (χ3n) is 3.32. The summed E-state index contributed by atoms with van der Waals surface area (Å²) in [6.07, 6.45) is 1.64. The monoisotopic (exact) mass is 350 g/mol. The molecule has 4 nitrogen and oxygen atoms in total. The summed E-state index contributed by atoms with van der Waals surface area (Å²) in [7, 11) is 3.92. The summed E-state index contributed by atoms with van der Waals surface area (Å²) in [4.78, 5) is 14.3. The Bertz CT molecular complexity index is 609. The van der Waals surface area contributed by atoms with Gasteiger partial charge in [0, 0.05) is 11.0 Å². The molecule has 2 aromatic rings. The molecule has 1 aromatic heterocycles. The van der Waals surface area contributed by atoms with Crippen molar-refractivity contribution in [3.05, 3.63) is 58.0 Å². The standard InChI is InChI=1S/C16H19BrN2O2/c1-11-6-7-13(17)12(9-11)16(20)18-10-14(19(2)3)15-5-4-8-21-15/h4-9,14H,10H2,1-3H3,(H,18,20). The predicted molar refractivity (Wildman–Crippen MR) is 86.3 cm³/mol. The molecule has 1 atom stereocenters. The third-order valence-corrected chi connectivity index (χ3v) is 4.01. The van der Waals surface area contributed by atoms with Crippen molar-refractivity contribution in [2.75, 3.05) is 20.6 Å². The number of amides is 1. The van der Waals surface area contributed by atoms with Crippen molar-refractivity contribution in [3.63, 3.8) is 0 Å². The van der Waals surface area contributed by atoms with Crippen molar-refractivity contribution in [1.29, 1.82) is 0 Å². The molecule has 112 valence electrons. The van der Waals surface area contributed by atoms with Crippen LogP contribution in [0.1, 0.15) is 27.7 Å². The molecular formula is C16H19BrN2O2. The predicted octanol–water partition coefficient (Wildman–Crippen LogP) is 3.38. The van der Waals surface area contributed by atoms with Crippen LogP contribution in [0.15, 0.2) is 45.5 Å². The van der Waals surface area contributed by atoms with E-state index in [0.29, 0.717) is 12.1 Å². The summed E-state index contributed by atoms with van der Waals surface area (Å²) in [5.74, 6) is 0.743. The molecule has 0 bridgehead atoms. The molecule has 0 aliphatic heterocycles. The van der Waals surface area contributed by atoms with Crippen LogP contribution in [0.3, 0.4) is 0 Å². The van der Waals surface area contributed by atoms with E-state index < -0.39 is 0 Å². The van der Waals surface area contributed by atoms with Crippen LogP contribution in [0.25, 0.3) is 0 Å². The zero-order valence-corrected chi connectivity index (χ0v) is 14.0. The van der Waals surface area contributed by atoms with Gasteiger partial charge in [0.15, 0.2) is 0 Å². The Balaban J connectivity index is 2.07. The van der Waals surface area contributed by atoms with E-state index in [0.717, 1.165) is 15.8 Å². The minimum atomic E-state index is -0.0935. The fraction of sp³-hybridized carbons (Fsp3) is 0.312. The Hall–Kier alpha value is -1.59. The number of furan rings is 1. The number of likely N-dealkylation sites (N-methyl/N-ethyl adjacent to an activating group) is 1. The van der Waals surface area contributed by atoms with Gasteiger partial charge >= 0.3 is 0 Å². The van der Waals surface area contributed by atoms with Gasteiger partial charge in [-0.3, -0.25) is 9.69 Å². The molecule has 0 fully saturated rings. The molecule has 0 saturated carbocycles. The molecule has 5 heteroatoms. The number of halogens is 1. The Labute approximate surface area is 133 Å². The largest absolute Gasteiger partial charge is 0.468 e. The maximum Gasteiger partial charge on any atom is 0.252 e. The quantitative estimate of drug-likeness (QED) is 0.898. The summed E-state index contributed by atoms with van der Waals surface area (Å²) >= 11 is 3.42. The normalized spacial score (nSPS) is 12.4. The lowest BCUT2D eigenvalue weighted by atomic mass is 10.1. The number of benzene rings is 1. The van der Waals surface area contributed by atoms with Crippen molar-refractivity contribution in [1.82, 2.24) is 10.2 Å². The highest BCUT2D eigenvalue weighted by molar-refractivity contribution is 9.10.